The van der Waals surface area contributed by atoms with Gasteiger partial charge < -0.3 is 5.11 Å². The Balaban J connectivity index is 2.67. The van der Waals surface area contributed by atoms with Crippen molar-refractivity contribution in [3.63, 3.8) is 0 Å². The summed E-state index contributed by atoms with van der Waals surface area (Å²) in [5.41, 5.74) is 0.730. The molecule has 0 fully saturated rings. The molecule has 0 atom stereocenters. The summed E-state index contributed by atoms with van der Waals surface area (Å²) < 4.78 is 13.1. The fourth-order valence-electron chi connectivity index (χ4n) is 1.35. The highest BCUT2D eigenvalue weighted by Crippen LogP contribution is 2.36. The second kappa shape index (κ2) is 4.28. The number of rotatable bonds is 1. The zero-order chi connectivity index (χ0) is 11.7. The molecule has 0 aliphatic rings. The van der Waals surface area contributed by atoms with Gasteiger partial charge in [-0.25, -0.2) is 4.98 Å². The van der Waals surface area contributed by atoms with Crippen LogP contribution in [0.1, 0.15) is 0 Å². The molecule has 0 aliphatic heterocycles. The Morgan fingerprint density at radius 2 is 1.88 bits per heavy atom. The smallest absolute Gasteiger partial charge is 0.255 e. The van der Waals surface area contributed by atoms with E-state index in [4.69, 9.17) is 23.2 Å². The summed E-state index contributed by atoms with van der Waals surface area (Å²) >= 11 is 11.8. The lowest BCUT2D eigenvalue weighted by molar-refractivity contribution is 0.421. The Morgan fingerprint density at radius 1 is 1.12 bits per heavy atom. The number of benzene rings is 1. The zero-order valence-corrected chi connectivity index (χ0v) is 9.43. The first kappa shape index (κ1) is 11.2. The molecule has 0 unspecified atom stereocenters. The van der Waals surface area contributed by atoms with E-state index in [-0.39, 0.29) is 5.56 Å². The normalized spacial score (nSPS) is 10.4. The SMILES string of the molecule is Oc1c(-c2cc(Cl)ccc2Cl)ccnc1F. The summed E-state index contributed by atoms with van der Waals surface area (Å²) in [7, 11) is 0. The second-order valence-corrected chi connectivity index (χ2v) is 3.97. The lowest BCUT2D eigenvalue weighted by Gasteiger charge is -2.07. The molecule has 0 saturated heterocycles. The van der Waals surface area contributed by atoms with E-state index in [1.165, 1.54) is 12.3 Å². The van der Waals surface area contributed by atoms with Crippen molar-refractivity contribution in [3.05, 3.63) is 46.5 Å². The lowest BCUT2D eigenvalue weighted by atomic mass is 10.1. The molecule has 1 aromatic carbocycles. The number of pyridine rings is 1. The van der Waals surface area contributed by atoms with E-state index >= 15 is 0 Å². The van der Waals surface area contributed by atoms with Gasteiger partial charge in [-0.1, -0.05) is 23.2 Å². The van der Waals surface area contributed by atoms with Crippen molar-refractivity contribution in [1.82, 2.24) is 4.98 Å². The van der Waals surface area contributed by atoms with E-state index in [0.717, 1.165) is 0 Å². The molecule has 1 N–H and O–H groups in total. The van der Waals surface area contributed by atoms with Gasteiger partial charge in [-0.15, -0.1) is 0 Å². The van der Waals surface area contributed by atoms with Crippen molar-refractivity contribution < 1.29 is 9.50 Å². The highest BCUT2D eigenvalue weighted by atomic mass is 35.5. The summed E-state index contributed by atoms with van der Waals surface area (Å²) in [6, 6.07) is 6.22. The summed E-state index contributed by atoms with van der Waals surface area (Å²) in [5.74, 6) is -1.47. The molecule has 1 heterocycles. The Morgan fingerprint density at radius 3 is 2.62 bits per heavy atom. The molecule has 0 amide bonds. The summed E-state index contributed by atoms with van der Waals surface area (Å²) in [5, 5.41) is 10.4. The molecule has 0 radical (unpaired) electrons. The number of hydrogen-bond acceptors (Lipinski definition) is 2. The van der Waals surface area contributed by atoms with Crippen LogP contribution < -0.4 is 0 Å². The van der Waals surface area contributed by atoms with Crippen LogP contribution >= 0.6 is 23.2 Å². The molecular formula is C11H6Cl2FNO. The van der Waals surface area contributed by atoms with Crippen molar-refractivity contribution >= 4 is 23.2 Å². The summed E-state index contributed by atoms with van der Waals surface area (Å²) in [4.78, 5) is 3.32. The second-order valence-electron chi connectivity index (χ2n) is 3.12. The summed E-state index contributed by atoms with van der Waals surface area (Å²) in [6.07, 6.45) is 1.25. The third kappa shape index (κ3) is 1.96. The first-order chi connectivity index (χ1) is 7.59. The molecule has 0 bridgehead atoms. The van der Waals surface area contributed by atoms with Crippen LogP contribution in [-0.2, 0) is 0 Å². The zero-order valence-electron chi connectivity index (χ0n) is 7.92. The number of halogens is 3. The monoisotopic (exact) mass is 257 g/mol. The van der Waals surface area contributed by atoms with Crippen molar-refractivity contribution in [2.24, 2.45) is 0 Å². The van der Waals surface area contributed by atoms with Crippen LogP contribution in [0.4, 0.5) is 4.39 Å². The molecular weight excluding hydrogens is 252 g/mol. The van der Waals surface area contributed by atoms with Gasteiger partial charge in [-0.05, 0) is 24.3 Å². The van der Waals surface area contributed by atoms with Crippen LogP contribution in [0.3, 0.4) is 0 Å². The van der Waals surface area contributed by atoms with Crippen molar-refractivity contribution in [1.29, 1.82) is 0 Å². The average Bonchev–Trinajstić information content (AvgIpc) is 2.26. The summed E-state index contributed by atoms with van der Waals surface area (Å²) in [6.45, 7) is 0. The van der Waals surface area contributed by atoms with E-state index in [2.05, 4.69) is 4.98 Å². The maximum absolute atomic E-state index is 13.1. The van der Waals surface area contributed by atoms with Gasteiger partial charge in [0.2, 0.25) is 0 Å². The van der Waals surface area contributed by atoms with Crippen LogP contribution in [0.2, 0.25) is 10.0 Å². The van der Waals surface area contributed by atoms with Gasteiger partial charge in [0.05, 0.1) is 0 Å². The molecule has 2 rings (SSSR count). The number of aromatic hydroxyl groups is 1. The van der Waals surface area contributed by atoms with Crippen LogP contribution in [0.25, 0.3) is 11.1 Å². The van der Waals surface area contributed by atoms with Gasteiger partial charge in [0.1, 0.15) is 0 Å². The van der Waals surface area contributed by atoms with Crippen molar-refractivity contribution in [2.45, 2.75) is 0 Å². The Bertz CT molecular complexity index is 546. The van der Waals surface area contributed by atoms with Crippen molar-refractivity contribution in [2.75, 3.05) is 0 Å². The lowest BCUT2D eigenvalue weighted by Crippen LogP contribution is -1.87. The number of aromatic nitrogens is 1. The predicted octanol–water partition coefficient (Wildman–Crippen LogP) is 3.90. The van der Waals surface area contributed by atoms with Crippen LogP contribution in [0.15, 0.2) is 30.5 Å². The van der Waals surface area contributed by atoms with E-state index in [9.17, 15) is 9.50 Å². The van der Waals surface area contributed by atoms with Gasteiger partial charge in [-0.3, -0.25) is 0 Å². The first-order valence-electron chi connectivity index (χ1n) is 4.38. The molecule has 5 heteroatoms. The number of nitrogens with zero attached hydrogens (tertiary/aromatic N) is 1. The largest absolute Gasteiger partial charge is 0.503 e. The minimum absolute atomic E-state index is 0.264. The molecule has 82 valence electrons. The number of hydrogen-bond donors (Lipinski definition) is 1. The highest BCUT2D eigenvalue weighted by Gasteiger charge is 2.12. The van der Waals surface area contributed by atoms with Crippen LogP contribution in [-0.4, -0.2) is 10.1 Å². The molecule has 0 saturated carbocycles. The van der Waals surface area contributed by atoms with E-state index in [1.54, 1.807) is 18.2 Å². The minimum Gasteiger partial charge on any atom is -0.503 e. The van der Waals surface area contributed by atoms with Crippen molar-refractivity contribution in [3.8, 4) is 16.9 Å². The van der Waals surface area contributed by atoms with E-state index in [0.29, 0.717) is 15.6 Å². The van der Waals surface area contributed by atoms with E-state index in [1.807, 2.05) is 0 Å². The third-order valence-corrected chi connectivity index (χ3v) is 2.66. The Labute approximate surface area is 101 Å². The van der Waals surface area contributed by atoms with Gasteiger partial charge in [0, 0.05) is 27.4 Å². The third-order valence-electron chi connectivity index (χ3n) is 2.10. The van der Waals surface area contributed by atoms with Gasteiger partial charge in [0.25, 0.3) is 5.95 Å². The molecule has 1 aromatic heterocycles. The first-order valence-corrected chi connectivity index (χ1v) is 5.14. The highest BCUT2D eigenvalue weighted by molar-refractivity contribution is 6.35. The van der Waals surface area contributed by atoms with Gasteiger partial charge in [-0.2, -0.15) is 4.39 Å². The van der Waals surface area contributed by atoms with Crippen LogP contribution in [0.5, 0.6) is 5.75 Å². The quantitative estimate of drug-likeness (QED) is 0.787. The molecule has 2 nitrogen and oxygen atoms in total. The van der Waals surface area contributed by atoms with Gasteiger partial charge in [0.15, 0.2) is 5.75 Å². The minimum atomic E-state index is -0.937. The Kier molecular flexibility index (Phi) is 2.99. The van der Waals surface area contributed by atoms with Gasteiger partial charge >= 0.3 is 0 Å². The standard InChI is InChI=1S/C11H6Cl2FNO/c12-6-1-2-9(13)8(5-6)7-3-4-15-11(14)10(7)16/h1-5,16H. The average molecular weight is 258 g/mol. The Hall–Kier alpha value is -1.32. The van der Waals surface area contributed by atoms with E-state index < -0.39 is 11.7 Å². The fourth-order valence-corrected chi connectivity index (χ4v) is 1.74. The maximum atomic E-state index is 13.1. The molecule has 0 spiro atoms. The maximum Gasteiger partial charge on any atom is 0.255 e. The predicted molar refractivity (Wildman–Crippen MR) is 61.3 cm³/mol. The molecule has 2 aromatic rings. The topological polar surface area (TPSA) is 33.1 Å². The van der Waals surface area contributed by atoms with Crippen LogP contribution in [0, 0.1) is 5.95 Å². The molecule has 16 heavy (non-hydrogen) atoms. The fraction of sp³-hybridized carbons (Fsp3) is 0. The molecule has 0 aliphatic carbocycles.